The Bertz CT molecular complexity index is 491. The van der Waals surface area contributed by atoms with Crippen LogP contribution in [0.1, 0.15) is 5.56 Å². The molecule has 2 rings (SSSR count). The van der Waals surface area contributed by atoms with E-state index in [0.29, 0.717) is 11.4 Å². The van der Waals surface area contributed by atoms with Crippen LogP contribution in [-0.4, -0.2) is 60.8 Å². The molecule has 0 radical (unpaired) electrons. The van der Waals surface area contributed by atoms with E-state index < -0.39 is 0 Å². The number of nitriles is 1. The molecule has 1 N–H and O–H groups in total. The van der Waals surface area contributed by atoms with Crippen LogP contribution >= 0.6 is 0 Å². The molecule has 0 aliphatic carbocycles. The van der Waals surface area contributed by atoms with E-state index in [9.17, 15) is 4.79 Å². The molecule has 0 spiro atoms. The molecule has 1 fully saturated rings. The van der Waals surface area contributed by atoms with E-state index in [0.717, 1.165) is 26.2 Å². The first-order valence-corrected chi connectivity index (χ1v) is 6.14. The van der Waals surface area contributed by atoms with E-state index >= 15 is 0 Å². The van der Waals surface area contributed by atoms with Crippen LogP contribution in [0.3, 0.4) is 0 Å². The van der Waals surface area contributed by atoms with Crippen LogP contribution in [0.2, 0.25) is 0 Å². The van der Waals surface area contributed by atoms with Gasteiger partial charge in [0.05, 0.1) is 18.3 Å². The number of rotatable bonds is 3. The third-order valence-electron chi connectivity index (χ3n) is 3.03. The highest BCUT2D eigenvalue weighted by molar-refractivity contribution is 5.81. The Labute approximate surface area is 111 Å². The molecule has 0 aromatic carbocycles. The fourth-order valence-electron chi connectivity index (χ4n) is 1.99. The fraction of sp³-hybridized carbons (Fsp3) is 0.500. The van der Waals surface area contributed by atoms with Crippen molar-refractivity contribution in [2.45, 2.75) is 0 Å². The Hall–Kier alpha value is -2.20. The van der Waals surface area contributed by atoms with Crippen molar-refractivity contribution in [1.29, 1.82) is 5.26 Å². The molecular formula is C12H16N6O. The normalized spacial score (nSPS) is 14.8. The molecule has 1 saturated heterocycles. The topological polar surface area (TPSA) is 85.2 Å². The summed E-state index contributed by atoms with van der Waals surface area (Å²) in [7, 11) is 1.74. The van der Waals surface area contributed by atoms with Gasteiger partial charge in [0.2, 0.25) is 5.91 Å². The maximum atomic E-state index is 12.1. The molecule has 7 nitrogen and oxygen atoms in total. The predicted octanol–water partition coefficient (Wildman–Crippen LogP) is -0.784. The molecule has 0 unspecified atom stereocenters. The molecule has 19 heavy (non-hydrogen) atoms. The van der Waals surface area contributed by atoms with Crippen molar-refractivity contribution in [1.82, 2.24) is 20.4 Å². The number of nitrogens with zero attached hydrogens (tertiary/aromatic N) is 5. The SMILES string of the molecule is CN(CC(=O)N1CCNCC1)c1nnccc1C#N. The Kier molecular flexibility index (Phi) is 4.26. The van der Waals surface area contributed by atoms with Gasteiger partial charge >= 0.3 is 0 Å². The zero-order chi connectivity index (χ0) is 13.7. The van der Waals surface area contributed by atoms with Crippen LogP contribution in [0.15, 0.2) is 12.3 Å². The molecule has 1 aliphatic heterocycles. The van der Waals surface area contributed by atoms with Gasteiger partial charge in [-0.05, 0) is 6.07 Å². The maximum absolute atomic E-state index is 12.1. The van der Waals surface area contributed by atoms with Gasteiger partial charge in [-0.3, -0.25) is 4.79 Å². The van der Waals surface area contributed by atoms with Crippen LogP contribution in [0.25, 0.3) is 0 Å². The second-order valence-corrected chi connectivity index (χ2v) is 4.37. The number of carbonyl (C=O) groups excluding carboxylic acids is 1. The summed E-state index contributed by atoms with van der Waals surface area (Å²) in [5, 5.41) is 19.9. The van der Waals surface area contributed by atoms with Crippen molar-refractivity contribution >= 4 is 11.7 Å². The summed E-state index contributed by atoms with van der Waals surface area (Å²) in [6.07, 6.45) is 1.47. The van der Waals surface area contributed by atoms with Gasteiger partial charge in [0.25, 0.3) is 0 Å². The number of hydrogen-bond donors (Lipinski definition) is 1. The first-order valence-electron chi connectivity index (χ1n) is 6.14. The van der Waals surface area contributed by atoms with Gasteiger partial charge in [0, 0.05) is 33.2 Å². The van der Waals surface area contributed by atoms with Gasteiger partial charge in [-0.2, -0.15) is 10.4 Å². The van der Waals surface area contributed by atoms with E-state index in [1.54, 1.807) is 18.0 Å². The smallest absolute Gasteiger partial charge is 0.242 e. The zero-order valence-corrected chi connectivity index (χ0v) is 10.8. The summed E-state index contributed by atoms with van der Waals surface area (Å²) in [4.78, 5) is 15.6. The minimum absolute atomic E-state index is 0.0403. The summed E-state index contributed by atoms with van der Waals surface area (Å²) in [6.45, 7) is 3.29. The summed E-state index contributed by atoms with van der Waals surface area (Å²) < 4.78 is 0. The molecule has 100 valence electrons. The van der Waals surface area contributed by atoms with Crippen molar-refractivity contribution in [2.24, 2.45) is 0 Å². The Balaban J connectivity index is 2.02. The summed E-state index contributed by atoms with van der Waals surface area (Å²) in [5.41, 5.74) is 0.422. The van der Waals surface area contributed by atoms with Crippen molar-refractivity contribution in [3.63, 3.8) is 0 Å². The highest BCUT2D eigenvalue weighted by Crippen LogP contribution is 2.13. The molecule has 2 heterocycles. The van der Waals surface area contributed by atoms with E-state index in [-0.39, 0.29) is 12.5 Å². The maximum Gasteiger partial charge on any atom is 0.242 e. The van der Waals surface area contributed by atoms with Crippen LogP contribution in [0, 0.1) is 11.3 Å². The van der Waals surface area contributed by atoms with Gasteiger partial charge in [0.15, 0.2) is 5.82 Å². The van der Waals surface area contributed by atoms with Crippen molar-refractivity contribution in [3.8, 4) is 6.07 Å². The lowest BCUT2D eigenvalue weighted by molar-refractivity contribution is -0.130. The average Bonchev–Trinajstić information content (AvgIpc) is 2.48. The van der Waals surface area contributed by atoms with E-state index in [2.05, 4.69) is 21.6 Å². The quantitative estimate of drug-likeness (QED) is 0.767. The van der Waals surface area contributed by atoms with E-state index in [1.807, 2.05) is 4.90 Å². The molecular weight excluding hydrogens is 244 g/mol. The highest BCUT2D eigenvalue weighted by Gasteiger charge is 2.19. The molecule has 1 amide bonds. The lowest BCUT2D eigenvalue weighted by atomic mass is 10.3. The molecule has 1 aliphatic rings. The molecule has 0 bridgehead atoms. The molecule has 1 aromatic rings. The molecule has 0 saturated carbocycles. The summed E-state index contributed by atoms with van der Waals surface area (Å²) in [5.74, 6) is 0.479. The second kappa shape index (κ2) is 6.11. The number of likely N-dealkylation sites (N-methyl/N-ethyl adjacent to an activating group) is 1. The predicted molar refractivity (Wildman–Crippen MR) is 69.5 cm³/mol. The molecule has 1 aromatic heterocycles. The lowest BCUT2D eigenvalue weighted by Crippen LogP contribution is -2.49. The summed E-state index contributed by atoms with van der Waals surface area (Å²) in [6, 6.07) is 3.64. The summed E-state index contributed by atoms with van der Waals surface area (Å²) >= 11 is 0. The number of nitrogens with one attached hydrogen (secondary N) is 1. The van der Waals surface area contributed by atoms with Crippen molar-refractivity contribution in [2.75, 3.05) is 44.7 Å². The van der Waals surface area contributed by atoms with Crippen LogP contribution in [0.5, 0.6) is 0 Å². The van der Waals surface area contributed by atoms with Gasteiger partial charge in [-0.25, -0.2) is 0 Å². The second-order valence-electron chi connectivity index (χ2n) is 4.37. The van der Waals surface area contributed by atoms with Gasteiger partial charge in [-0.15, -0.1) is 5.10 Å². The number of anilines is 1. The minimum atomic E-state index is 0.0403. The Morgan fingerprint density at radius 3 is 3.00 bits per heavy atom. The molecule has 0 atom stereocenters. The molecule has 7 heteroatoms. The zero-order valence-electron chi connectivity index (χ0n) is 10.8. The number of hydrogen-bond acceptors (Lipinski definition) is 6. The Morgan fingerprint density at radius 1 is 1.58 bits per heavy atom. The van der Waals surface area contributed by atoms with Gasteiger partial charge in [0.1, 0.15) is 6.07 Å². The largest absolute Gasteiger partial charge is 0.348 e. The van der Waals surface area contributed by atoms with Crippen molar-refractivity contribution in [3.05, 3.63) is 17.8 Å². The number of piperazine rings is 1. The monoisotopic (exact) mass is 260 g/mol. The third-order valence-corrected chi connectivity index (χ3v) is 3.03. The van der Waals surface area contributed by atoms with Gasteiger partial charge in [-0.1, -0.05) is 0 Å². The van der Waals surface area contributed by atoms with Gasteiger partial charge < -0.3 is 15.1 Å². The number of carbonyl (C=O) groups is 1. The average molecular weight is 260 g/mol. The highest BCUT2D eigenvalue weighted by atomic mass is 16.2. The number of amides is 1. The van der Waals surface area contributed by atoms with Crippen LogP contribution in [0.4, 0.5) is 5.82 Å². The Morgan fingerprint density at radius 2 is 2.32 bits per heavy atom. The first-order chi connectivity index (χ1) is 9.22. The standard InChI is InChI=1S/C12H16N6O/c1-17(12-10(8-13)2-3-15-16-12)9-11(19)18-6-4-14-5-7-18/h2-3,14H,4-7,9H2,1H3. The van der Waals surface area contributed by atoms with Crippen LogP contribution < -0.4 is 10.2 Å². The van der Waals surface area contributed by atoms with E-state index in [1.165, 1.54) is 6.20 Å². The third kappa shape index (κ3) is 3.17. The van der Waals surface area contributed by atoms with Crippen LogP contribution in [-0.2, 0) is 4.79 Å². The van der Waals surface area contributed by atoms with Crippen molar-refractivity contribution < 1.29 is 4.79 Å². The number of aromatic nitrogens is 2. The van der Waals surface area contributed by atoms with E-state index in [4.69, 9.17) is 5.26 Å². The first kappa shape index (κ1) is 13.2. The minimum Gasteiger partial charge on any atom is -0.348 e. The fourth-order valence-corrected chi connectivity index (χ4v) is 1.99. The lowest BCUT2D eigenvalue weighted by Gasteiger charge is -2.29.